The molecule has 0 saturated heterocycles. The number of hydrogen-bond donors (Lipinski definition) is 0. The predicted octanol–water partition coefficient (Wildman–Crippen LogP) is 2.99. The van der Waals surface area contributed by atoms with Gasteiger partial charge in [-0.2, -0.15) is 0 Å². The number of rotatable bonds is 2. The number of para-hydroxylation sites is 1. The Morgan fingerprint density at radius 1 is 1.44 bits per heavy atom. The van der Waals surface area contributed by atoms with Crippen LogP contribution in [-0.4, -0.2) is 19.2 Å². The van der Waals surface area contributed by atoms with Gasteiger partial charge >= 0.3 is 6.09 Å². The molecule has 16 heavy (non-hydrogen) atoms. The highest BCUT2D eigenvalue weighted by Crippen LogP contribution is 2.27. The van der Waals surface area contributed by atoms with Crippen molar-refractivity contribution in [1.82, 2.24) is 0 Å². The maximum absolute atomic E-state index is 11.8. The molecule has 0 atom stereocenters. The molecule has 0 N–H and O–H groups in total. The van der Waals surface area contributed by atoms with E-state index in [1.54, 1.807) is 4.90 Å². The highest BCUT2D eigenvalue weighted by atomic mass is 16.6. The van der Waals surface area contributed by atoms with Crippen molar-refractivity contribution >= 4 is 11.8 Å². The van der Waals surface area contributed by atoms with E-state index in [2.05, 4.69) is 6.07 Å². The largest absolute Gasteiger partial charge is 0.449 e. The maximum Gasteiger partial charge on any atom is 0.414 e. The van der Waals surface area contributed by atoms with Crippen molar-refractivity contribution in [2.75, 3.05) is 18.1 Å². The average Bonchev–Trinajstić information content (AvgIpc) is 2.35. The second-order valence-corrected chi connectivity index (χ2v) is 4.00. The summed E-state index contributed by atoms with van der Waals surface area (Å²) < 4.78 is 5.17. The molecule has 1 aliphatic rings. The van der Waals surface area contributed by atoms with Crippen LogP contribution in [0.1, 0.15) is 25.3 Å². The topological polar surface area (TPSA) is 29.5 Å². The third kappa shape index (κ3) is 2.18. The SMILES string of the molecule is CCCOC(=O)N1CCCc2ccccc21. The van der Waals surface area contributed by atoms with Crippen LogP contribution in [0.15, 0.2) is 24.3 Å². The van der Waals surface area contributed by atoms with Crippen LogP contribution in [0.3, 0.4) is 0 Å². The molecule has 2 rings (SSSR count). The first-order valence-electron chi connectivity index (χ1n) is 5.85. The van der Waals surface area contributed by atoms with Gasteiger partial charge in [0, 0.05) is 6.54 Å². The van der Waals surface area contributed by atoms with E-state index in [1.165, 1.54) is 5.56 Å². The molecule has 1 aromatic rings. The van der Waals surface area contributed by atoms with Crippen LogP contribution in [0.2, 0.25) is 0 Å². The minimum Gasteiger partial charge on any atom is -0.449 e. The van der Waals surface area contributed by atoms with Crippen molar-refractivity contribution in [3.05, 3.63) is 29.8 Å². The van der Waals surface area contributed by atoms with Crippen molar-refractivity contribution < 1.29 is 9.53 Å². The van der Waals surface area contributed by atoms with Gasteiger partial charge in [-0.25, -0.2) is 4.79 Å². The van der Waals surface area contributed by atoms with E-state index >= 15 is 0 Å². The number of carbonyl (C=O) groups is 1. The first-order valence-corrected chi connectivity index (χ1v) is 5.85. The van der Waals surface area contributed by atoms with Crippen molar-refractivity contribution in [3.8, 4) is 0 Å². The lowest BCUT2D eigenvalue weighted by Gasteiger charge is -2.28. The molecule has 1 aromatic carbocycles. The Kier molecular flexibility index (Phi) is 3.44. The molecule has 1 heterocycles. The van der Waals surface area contributed by atoms with Crippen molar-refractivity contribution in [2.45, 2.75) is 26.2 Å². The summed E-state index contributed by atoms with van der Waals surface area (Å²) in [6, 6.07) is 8.04. The van der Waals surface area contributed by atoms with Crippen molar-refractivity contribution in [3.63, 3.8) is 0 Å². The van der Waals surface area contributed by atoms with Crippen molar-refractivity contribution in [2.24, 2.45) is 0 Å². The van der Waals surface area contributed by atoms with Gasteiger partial charge in [0.05, 0.1) is 12.3 Å². The number of benzene rings is 1. The number of amides is 1. The predicted molar refractivity (Wildman–Crippen MR) is 63.7 cm³/mol. The van der Waals surface area contributed by atoms with Crippen molar-refractivity contribution in [1.29, 1.82) is 0 Å². The lowest BCUT2D eigenvalue weighted by Crippen LogP contribution is -2.36. The van der Waals surface area contributed by atoms with E-state index in [0.29, 0.717) is 6.61 Å². The Bertz CT molecular complexity index is 376. The zero-order valence-electron chi connectivity index (χ0n) is 9.61. The summed E-state index contributed by atoms with van der Waals surface area (Å²) in [5.41, 5.74) is 2.25. The van der Waals surface area contributed by atoms with Gasteiger partial charge in [-0.15, -0.1) is 0 Å². The Morgan fingerprint density at radius 3 is 3.06 bits per heavy atom. The number of nitrogens with zero attached hydrogens (tertiary/aromatic N) is 1. The van der Waals surface area contributed by atoms with Gasteiger partial charge in [-0.05, 0) is 30.9 Å². The number of ether oxygens (including phenoxy) is 1. The zero-order chi connectivity index (χ0) is 11.4. The third-order valence-corrected chi connectivity index (χ3v) is 2.76. The van der Waals surface area contributed by atoms with Crippen LogP contribution in [0.25, 0.3) is 0 Å². The minimum absolute atomic E-state index is 0.214. The molecule has 3 nitrogen and oxygen atoms in total. The van der Waals surface area contributed by atoms with E-state index in [4.69, 9.17) is 4.74 Å². The van der Waals surface area contributed by atoms with Gasteiger partial charge < -0.3 is 4.74 Å². The molecule has 0 radical (unpaired) electrons. The van der Waals surface area contributed by atoms with Gasteiger partial charge in [-0.3, -0.25) is 4.90 Å². The highest BCUT2D eigenvalue weighted by Gasteiger charge is 2.22. The van der Waals surface area contributed by atoms with Crippen LogP contribution in [0, 0.1) is 0 Å². The van der Waals surface area contributed by atoms with E-state index in [-0.39, 0.29) is 6.09 Å². The Balaban J connectivity index is 2.15. The second kappa shape index (κ2) is 5.01. The van der Waals surface area contributed by atoms with E-state index in [0.717, 1.165) is 31.5 Å². The monoisotopic (exact) mass is 219 g/mol. The molecule has 3 heteroatoms. The first-order chi connectivity index (χ1) is 7.83. The summed E-state index contributed by atoms with van der Waals surface area (Å²) in [5, 5.41) is 0. The Morgan fingerprint density at radius 2 is 2.25 bits per heavy atom. The standard InChI is InChI=1S/C13H17NO2/c1-2-10-16-13(15)14-9-5-7-11-6-3-4-8-12(11)14/h3-4,6,8H,2,5,7,9-10H2,1H3. The second-order valence-electron chi connectivity index (χ2n) is 4.00. The summed E-state index contributed by atoms with van der Waals surface area (Å²) in [6.45, 7) is 3.26. The highest BCUT2D eigenvalue weighted by molar-refractivity contribution is 5.89. The zero-order valence-corrected chi connectivity index (χ0v) is 9.61. The van der Waals surface area contributed by atoms with Crippen LogP contribution in [-0.2, 0) is 11.2 Å². The Labute approximate surface area is 96.0 Å². The molecule has 0 saturated carbocycles. The van der Waals surface area contributed by atoms with Gasteiger partial charge in [0.1, 0.15) is 0 Å². The molecule has 1 amide bonds. The molecule has 0 spiro atoms. The summed E-state index contributed by atoms with van der Waals surface area (Å²) >= 11 is 0. The number of hydrogen-bond acceptors (Lipinski definition) is 2. The fourth-order valence-electron chi connectivity index (χ4n) is 1.99. The molecule has 0 bridgehead atoms. The molecule has 1 aliphatic heterocycles. The summed E-state index contributed by atoms with van der Waals surface area (Å²) in [7, 11) is 0. The fraction of sp³-hybridized carbons (Fsp3) is 0.462. The molecule has 0 aromatic heterocycles. The number of fused-ring (bicyclic) bond motifs is 1. The molecule has 0 aliphatic carbocycles. The molecule has 0 unspecified atom stereocenters. The quantitative estimate of drug-likeness (QED) is 0.765. The molecular formula is C13H17NO2. The number of aryl methyl sites for hydroxylation is 1. The van der Waals surface area contributed by atoms with Crippen LogP contribution < -0.4 is 4.90 Å². The fourth-order valence-corrected chi connectivity index (χ4v) is 1.99. The lowest BCUT2D eigenvalue weighted by molar-refractivity contribution is 0.153. The molecule has 86 valence electrons. The Hall–Kier alpha value is -1.51. The first kappa shape index (κ1) is 11.0. The minimum atomic E-state index is -0.214. The lowest BCUT2D eigenvalue weighted by atomic mass is 10.0. The third-order valence-electron chi connectivity index (χ3n) is 2.76. The van der Waals surface area contributed by atoms with E-state index in [1.807, 2.05) is 25.1 Å². The van der Waals surface area contributed by atoms with Gasteiger partial charge in [0.15, 0.2) is 0 Å². The smallest absolute Gasteiger partial charge is 0.414 e. The summed E-state index contributed by atoms with van der Waals surface area (Å²) in [5.74, 6) is 0. The molecular weight excluding hydrogens is 202 g/mol. The number of anilines is 1. The van der Waals surface area contributed by atoms with E-state index < -0.39 is 0 Å². The number of carbonyl (C=O) groups excluding carboxylic acids is 1. The molecule has 0 fully saturated rings. The summed E-state index contributed by atoms with van der Waals surface area (Å²) in [4.78, 5) is 13.6. The average molecular weight is 219 g/mol. The maximum atomic E-state index is 11.8. The summed E-state index contributed by atoms with van der Waals surface area (Å²) in [6.07, 6.45) is 2.71. The normalized spacial score (nSPS) is 14.4. The van der Waals surface area contributed by atoms with Crippen LogP contribution in [0.4, 0.5) is 10.5 Å². The van der Waals surface area contributed by atoms with Gasteiger partial charge in [0.2, 0.25) is 0 Å². The van der Waals surface area contributed by atoms with Gasteiger partial charge in [-0.1, -0.05) is 25.1 Å². The van der Waals surface area contributed by atoms with Crippen LogP contribution >= 0.6 is 0 Å². The van der Waals surface area contributed by atoms with E-state index in [9.17, 15) is 4.79 Å². The van der Waals surface area contributed by atoms with Crippen LogP contribution in [0.5, 0.6) is 0 Å². The van der Waals surface area contributed by atoms with Gasteiger partial charge in [0.25, 0.3) is 0 Å².